The van der Waals surface area contributed by atoms with Crippen LogP contribution in [0.25, 0.3) is 0 Å². The van der Waals surface area contributed by atoms with Crippen molar-refractivity contribution in [3.63, 3.8) is 0 Å². The van der Waals surface area contributed by atoms with Crippen molar-refractivity contribution in [2.75, 3.05) is 19.3 Å². The molecule has 0 aromatic heterocycles. The molecule has 1 unspecified atom stereocenters. The molecule has 0 saturated carbocycles. The summed E-state index contributed by atoms with van der Waals surface area (Å²) >= 11 is 7.89. The van der Waals surface area contributed by atoms with E-state index in [0.717, 1.165) is 23.3 Å². The summed E-state index contributed by atoms with van der Waals surface area (Å²) in [5.41, 5.74) is 1.36. The quantitative estimate of drug-likeness (QED) is 0.774. The lowest BCUT2D eigenvalue weighted by Crippen LogP contribution is -2.29. The van der Waals surface area contributed by atoms with Crippen LogP contribution in [0.2, 0.25) is 0 Å². The predicted molar refractivity (Wildman–Crippen MR) is 82.7 cm³/mol. The molecule has 17 heavy (non-hydrogen) atoms. The molecule has 0 bridgehead atoms. The zero-order chi connectivity index (χ0) is 12.8. The number of benzene rings is 1. The summed E-state index contributed by atoms with van der Waals surface area (Å²) in [5, 5.41) is 0. The molecule has 1 atom stereocenters. The Bertz CT molecular complexity index is 323. The van der Waals surface area contributed by atoms with Gasteiger partial charge in [0.15, 0.2) is 0 Å². The standard InChI is InChI=1S/C14H22BrNS/c1-11(2)13(10-17)9-16(3)8-12-4-6-14(15)7-5-12/h4-7,11,13,17H,8-10H2,1-3H3. The Morgan fingerprint density at radius 1 is 1.24 bits per heavy atom. The van der Waals surface area contributed by atoms with Crippen LogP contribution < -0.4 is 0 Å². The molecule has 0 spiro atoms. The lowest BCUT2D eigenvalue weighted by molar-refractivity contribution is 0.246. The minimum Gasteiger partial charge on any atom is -0.302 e. The smallest absolute Gasteiger partial charge is 0.0230 e. The first kappa shape index (κ1) is 15.1. The van der Waals surface area contributed by atoms with E-state index in [9.17, 15) is 0 Å². The normalized spacial score (nSPS) is 13.4. The van der Waals surface area contributed by atoms with E-state index >= 15 is 0 Å². The molecule has 0 heterocycles. The molecular weight excluding hydrogens is 294 g/mol. The van der Waals surface area contributed by atoms with Crippen LogP contribution in [-0.2, 0) is 6.54 Å². The van der Waals surface area contributed by atoms with E-state index in [1.807, 2.05) is 0 Å². The molecule has 1 rings (SSSR count). The van der Waals surface area contributed by atoms with E-state index in [0.29, 0.717) is 11.8 Å². The first-order valence-electron chi connectivity index (χ1n) is 6.06. The van der Waals surface area contributed by atoms with Crippen LogP contribution in [0.3, 0.4) is 0 Å². The number of halogens is 1. The summed E-state index contributed by atoms with van der Waals surface area (Å²) in [6.07, 6.45) is 0. The average Bonchev–Trinajstić information content (AvgIpc) is 2.28. The monoisotopic (exact) mass is 315 g/mol. The number of hydrogen-bond donors (Lipinski definition) is 1. The van der Waals surface area contributed by atoms with Crippen LogP contribution in [0, 0.1) is 11.8 Å². The molecule has 1 aromatic rings. The molecule has 0 aliphatic rings. The van der Waals surface area contributed by atoms with E-state index in [2.05, 4.69) is 78.6 Å². The first-order valence-corrected chi connectivity index (χ1v) is 7.49. The van der Waals surface area contributed by atoms with E-state index < -0.39 is 0 Å². The zero-order valence-electron chi connectivity index (χ0n) is 10.9. The van der Waals surface area contributed by atoms with Crippen LogP contribution >= 0.6 is 28.6 Å². The van der Waals surface area contributed by atoms with Crippen molar-refractivity contribution >= 4 is 28.6 Å². The van der Waals surface area contributed by atoms with Crippen LogP contribution in [0.15, 0.2) is 28.7 Å². The van der Waals surface area contributed by atoms with Gasteiger partial charge in [-0.3, -0.25) is 0 Å². The number of rotatable bonds is 6. The number of thiol groups is 1. The van der Waals surface area contributed by atoms with E-state index in [4.69, 9.17) is 0 Å². The minimum atomic E-state index is 0.666. The Hall–Kier alpha value is 0.01000. The van der Waals surface area contributed by atoms with Crippen LogP contribution in [0.4, 0.5) is 0 Å². The first-order chi connectivity index (χ1) is 8.02. The third-order valence-electron chi connectivity index (χ3n) is 3.09. The van der Waals surface area contributed by atoms with E-state index in [1.165, 1.54) is 5.56 Å². The second-order valence-corrected chi connectivity index (χ2v) is 6.29. The molecule has 0 N–H and O–H groups in total. The molecule has 1 aromatic carbocycles. The average molecular weight is 316 g/mol. The maximum absolute atomic E-state index is 4.44. The van der Waals surface area contributed by atoms with Gasteiger partial charge < -0.3 is 4.90 Å². The van der Waals surface area contributed by atoms with Crippen molar-refractivity contribution in [1.29, 1.82) is 0 Å². The Morgan fingerprint density at radius 3 is 2.29 bits per heavy atom. The maximum atomic E-state index is 4.44. The third kappa shape index (κ3) is 5.45. The summed E-state index contributed by atoms with van der Waals surface area (Å²) in [7, 11) is 2.18. The van der Waals surface area contributed by atoms with Crippen LogP contribution in [0.5, 0.6) is 0 Å². The summed E-state index contributed by atoms with van der Waals surface area (Å²) in [6, 6.07) is 8.54. The highest BCUT2D eigenvalue weighted by Gasteiger charge is 2.14. The topological polar surface area (TPSA) is 3.24 Å². The van der Waals surface area contributed by atoms with Gasteiger partial charge in [0.1, 0.15) is 0 Å². The summed E-state index contributed by atoms with van der Waals surface area (Å²) in [5.74, 6) is 2.32. The Morgan fingerprint density at radius 2 is 1.82 bits per heavy atom. The molecule has 0 aliphatic carbocycles. The van der Waals surface area contributed by atoms with Crippen molar-refractivity contribution in [3.05, 3.63) is 34.3 Å². The predicted octanol–water partition coefficient (Wildman–Crippen LogP) is 4.08. The SMILES string of the molecule is CC(C)C(CS)CN(C)Cc1ccc(Br)cc1. The van der Waals surface area contributed by atoms with Crippen LogP contribution in [-0.4, -0.2) is 24.2 Å². The van der Waals surface area contributed by atoms with Gasteiger partial charge in [-0.05, 0) is 42.3 Å². The molecule has 0 saturated heterocycles. The van der Waals surface area contributed by atoms with Crippen molar-refractivity contribution < 1.29 is 0 Å². The second-order valence-electron chi connectivity index (χ2n) is 5.01. The maximum Gasteiger partial charge on any atom is 0.0230 e. The molecule has 96 valence electrons. The van der Waals surface area contributed by atoms with Gasteiger partial charge in [-0.1, -0.05) is 41.9 Å². The Labute approximate surface area is 119 Å². The fraction of sp³-hybridized carbons (Fsp3) is 0.571. The van der Waals surface area contributed by atoms with Gasteiger partial charge in [0.05, 0.1) is 0 Å². The molecule has 0 amide bonds. The van der Waals surface area contributed by atoms with Crippen molar-refractivity contribution in [1.82, 2.24) is 4.90 Å². The largest absolute Gasteiger partial charge is 0.302 e. The highest BCUT2D eigenvalue weighted by atomic mass is 79.9. The Balaban J connectivity index is 2.48. The van der Waals surface area contributed by atoms with Gasteiger partial charge in [-0.25, -0.2) is 0 Å². The van der Waals surface area contributed by atoms with Crippen molar-refractivity contribution in [2.45, 2.75) is 20.4 Å². The van der Waals surface area contributed by atoms with Gasteiger partial charge in [0.25, 0.3) is 0 Å². The van der Waals surface area contributed by atoms with Crippen molar-refractivity contribution in [3.8, 4) is 0 Å². The van der Waals surface area contributed by atoms with Gasteiger partial charge in [-0.2, -0.15) is 12.6 Å². The number of hydrogen-bond acceptors (Lipinski definition) is 2. The summed E-state index contributed by atoms with van der Waals surface area (Å²) in [4.78, 5) is 2.38. The van der Waals surface area contributed by atoms with Crippen LogP contribution in [0.1, 0.15) is 19.4 Å². The van der Waals surface area contributed by atoms with Gasteiger partial charge in [0.2, 0.25) is 0 Å². The molecule has 1 nitrogen and oxygen atoms in total. The molecule has 0 radical (unpaired) electrons. The fourth-order valence-electron chi connectivity index (χ4n) is 1.85. The highest BCUT2D eigenvalue weighted by Crippen LogP contribution is 2.16. The molecule has 0 fully saturated rings. The van der Waals surface area contributed by atoms with Crippen molar-refractivity contribution in [2.24, 2.45) is 11.8 Å². The number of nitrogens with zero attached hydrogens (tertiary/aromatic N) is 1. The Kier molecular flexibility index (Phi) is 6.60. The fourth-order valence-corrected chi connectivity index (χ4v) is 2.65. The molecular formula is C14H22BrNS. The lowest BCUT2D eigenvalue weighted by atomic mass is 9.97. The molecule has 3 heteroatoms. The minimum absolute atomic E-state index is 0.666. The highest BCUT2D eigenvalue weighted by molar-refractivity contribution is 9.10. The lowest BCUT2D eigenvalue weighted by Gasteiger charge is -2.25. The zero-order valence-corrected chi connectivity index (χ0v) is 13.3. The van der Waals surface area contributed by atoms with Gasteiger partial charge in [0, 0.05) is 17.6 Å². The summed E-state index contributed by atoms with van der Waals surface area (Å²) < 4.78 is 1.14. The second kappa shape index (κ2) is 7.45. The third-order valence-corrected chi connectivity index (χ3v) is 4.09. The van der Waals surface area contributed by atoms with E-state index in [-0.39, 0.29) is 0 Å². The molecule has 0 aliphatic heterocycles. The van der Waals surface area contributed by atoms with Gasteiger partial charge >= 0.3 is 0 Å². The van der Waals surface area contributed by atoms with Gasteiger partial charge in [-0.15, -0.1) is 0 Å². The summed E-state index contributed by atoms with van der Waals surface area (Å²) in [6.45, 7) is 6.66. The van der Waals surface area contributed by atoms with E-state index in [1.54, 1.807) is 0 Å².